The van der Waals surface area contributed by atoms with Crippen LogP contribution in [0.15, 0.2) is 77.0 Å². The Morgan fingerprint density at radius 2 is 1.91 bits per heavy atom. The molecule has 0 bridgehead atoms. The highest BCUT2D eigenvalue weighted by Gasteiger charge is 2.09. The van der Waals surface area contributed by atoms with Gasteiger partial charge in [-0.3, -0.25) is 4.79 Å². The second-order valence-electron chi connectivity index (χ2n) is 7.50. The number of hydrogen-bond acceptors (Lipinski definition) is 6. The third kappa shape index (κ3) is 6.17. The number of hydrazone groups is 1. The minimum Gasteiger partial charge on any atom is -0.490 e. The van der Waals surface area contributed by atoms with Crippen LogP contribution in [0.5, 0.6) is 11.5 Å². The van der Waals surface area contributed by atoms with Crippen LogP contribution >= 0.6 is 11.8 Å². The van der Waals surface area contributed by atoms with Gasteiger partial charge in [0.05, 0.1) is 29.6 Å². The number of amides is 1. The van der Waals surface area contributed by atoms with Gasteiger partial charge in [0.25, 0.3) is 5.91 Å². The first kappa shape index (κ1) is 23.4. The fraction of sp³-hybridized carbons (Fsp3) is 0.192. The van der Waals surface area contributed by atoms with Crippen LogP contribution in [0.4, 0.5) is 0 Å². The number of imidazole rings is 1. The van der Waals surface area contributed by atoms with E-state index in [1.165, 1.54) is 17.3 Å². The van der Waals surface area contributed by atoms with Crippen LogP contribution in [0.25, 0.3) is 11.0 Å². The van der Waals surface area contributed by atoms with Crippen molar-refractivity contribution in [3.8, 4) is 11.5 Å². The molecule has 34 heavy (non-hydrogen) atoms. The lowest BCUT2D eigenvalue weighted by Gasteiger charge is -2.13. The predicted molar refractivity (Wildman–Crippen MR) is 136 cm³/mol. The molecule has 1 aromatic heterocycles. The molecule has 0 radical (unpaired) electrons. The van der Waals surface area contributed by atoms with Gasteiger partial charge >= 0.3 is 0 Å². The van der Waals surface area contributed by atoms with Gasteiger partial charge in [-0.15, -0.1) is 0 Å². The number of aromatic amines is 1. The second kappa shape index (κ2) is 11.4. The van der Waals surface area contributed by atoms with Crippen LogP contribution in [0, 0.1) is 6.92 Å². The zero-order valence-corrected chi connectivity index (χ0v) is 19.9. The molecule has 3 aromatic carbocycles. The van der Waals surface area contributed by atoms with Crippen molar-refractivity contribution in [3.05, 3.63) is 83.4 Å². The van der Waals surface area contributed by atoms with Crippen molar-refractivity contribution < 1.29 is 14.3 Å². The van der Waals surface area contributed by atoms with Crippen molar-refractivity contribution in [1.82, 2.24) is 15.4 Å². The van der Waals surface area contributed by atoms with Crippen LogP contribution in [-0.2, 0) is 11.4 Å². The average molecular weight is 475 g/mol. The molecule has 8 heteroatoms. The monoisotopic (exact) mass is 474 g/mol. The molecule has 0 unspecified atom stereocenters. The van der Waals surface area contributed by atoms with E-state index in [1.807, 2.05) is 67.6 Å². The molecule has 0 saturated carbocycles. The maximum atomic E-state index is 12.2. The molecule has 2 N–H and O–H groups in total. The Labute approximate surface area is 202 Å². The topological polar surface area (TPSA) is 88.6 Å². The Morgan fingerprint density at radius 3 is 2.74 bits per heavy atom. The maximum absolute atomic E-state index is 12.2. The van der Waals surface area contributed by atoms with Crippen molar-refractivity contribution in [2.24, 2.45) is 5.10 Å². The highest BCUT2D eigenvalue weighted by Crippen LogP contribution is 2.29. The van der Waals surface area contributed by atoms with E-state index in [9.17, 15) is 4.79 Å². The minimum atomic E-state index is -0.218. The fourth-order valence-electron chi connectivity index (χ4n) is 3.26. The molecular weight excluding hydrogens is 448 g/mol. The summed E-state index contributed by atoms with van der Waals surface area (Å²) in [6.07, 6.45) is 1.58. The standard InChI is InChI=1S/C26H26N4O3S/c1-3-32-24-14-19(12-13-23(24)33-16-20-9-5-4-8-18(20)2)15-27-30-25(31)17-34-26-28-21-10-6-7-11-22(21)29-26/h4-15H,3,16-17H2,1-2H3,(H,28,29)(H,30,31)/b27-15+. The molecule has 0 atom stereocenters. The number of ether oxygens (including phenoxy) is 2. The number of aryl methyl sites for hydroxylation is 1. The van der Waals surface area contributed by atoms with E-state index in [0.717, 1.165) is 22.2 Å². The Morgan fingerprint density at radius 1 is 1.09 bits per heavy atom. The van der Waals surface area contributed by atoms with Crippen LogP contribution in [0.3, 0.4) is 0 Å². The number of carbonyl (C=O) groups is 1. The minimum absolute atomic E-state index is 0.201. The summed E-state index contributed by atoms with van der Waals surface area (Å²) >= 11 is 1.33. The summed E-state index contributed by atoms with van der Waals surface area (Å²) in [7, 11) is 0. The van der Waals surface area contributed by atoms with Gasteiger partial charge in [-0.2, -0.15) is 5.10 Å². The molecule has 7 nitrogen and oxygen atoms in total. The number of carbonyl (C=O) groups excluding carboxylic acids is 1. The Hall–Kier alpha value is -3.78. The molecule has 0 aliphatic rings. The zero-order chi connectivity index (χ0) is 23.8. The first-order valence-electron chi connectivity index (χ1n) is 11.0. The summed E-state index contributed by atoms with van der Waals surface area (Å²) < 4.78 is 11.7. The third-order valence-corrected chi connectivity index (χ3v) is 5.90. The summed E-state index contributed by atoms with van der Waals surface area (Å²) in [5.74, 6) is 1.28. The van der Waals surface area contributed by atoms with Gasteiger partial charge in [-0.1, -0.05) is 48.2 Å². The predicted octanol–water partition coefficient (Wildman–Crippen LogP) is 5.09. The van der Waals surface area contributed by atoms with Gasteiger partial charge in [0.1, 0.15) is 6.61 Å². The third-order valence-electron chi connectivity index (χ3n) is 5.02. The van der Waals surface area contributed by atoms with Crippen LogP contribution < -0.4 is 14.9 Å². The Bertz CT molecular complexity index is 1270. The molecule has 174 valence electrons. The summed E-state index contributed by atoms with van der Waals surface area (Å²) in [5.41, 5.74) is 7.46. The van der Waals surface area contributed by atoms with E-state index >= 15 is 0 Å². The van der Waals surface area contributed by atoms with E-state index in [0.29, 0.717) is 29.9 Å². The van der Waals surface area contributed by atoms with Crippen LogP contribution in [0.2, 0.25) is 0 Å². The van der Waals surface area contributed by atoms with E-state index in [2.05, 4.69) is 33.5 Å². The number of hydrogen-bond donors (Lipinski definition) is 2. The van der Waals surface area contributed by atoms with E-state index in [-0.39, 0.29) is 11.7 Å². The van der Waals surface area contributed by atoms with Gasteiger partial charge in [0.2, 0.25) is 0 Å². The van der Waals surface area contributed by atoms with Gasteiger partial charge in [0, 0.05) is 0 Å². The van der Waals surface area contributed by atoms with Crippen LogP contribution in [0.1, 0.15) is 23.6 Å². The number of nitrogens with zero attached hydrogens (tertiary/aromatic N) is 2. The lowest BCUT2D eigenvalue weighted by molar-refractivity contribution is -0.118. The molecule has 0 aliphatic heterocycles. The molecule has 0 fully saturated rings. The number of aromatic nitrogens is 2. The molecule has 1 heterocycles. The highest BCUT2D eigenvalue weighted by molar-refractivity contribution is 7.99. The summed E-state index contributed by atoms with van der Waals surface area (Å²) in [4.78, 5) is 19.8. The van der Waals surface area contributed by atoms with Gasteiger partial charge in [-0.05, 0) is 60.9 Å². The Kier molecular flexibility index (Phi) is 7.83. The Balaban J connectivity index is 1.32. The molecule has 4 aromatic rings. The van der Waals surface area contributed by atoms with E-state index in [1.54, 1.807) is 6.21 Å². The van der Waals surface area contributed by atoms with Crippen molar-refractivity contribution in [2.75, 3.05) is 12.4 Å². The average Bonchev–Trinajstić information content (AvgIpc) is 3.26. The first-order valence-corrected chi connectivity index (χ1v) is 11.9. The number of para-hydroxylation sites is 2. The van der Waals surface area contributed by atoms with Crippen molar-refractivity contribution in [1.29, 1.82) is 0 Å². The summed E-state index contributed by atoms with van der Waals surface area (Å²) in [6, 6.07) is 21.4. The van der Waals surface area contributed by atoms with Gasteiger partial charge in [-0.25, -0.2) is 10.4 Å². The molecule has 4 rings (SSSR count). The van der Waals surface area contributed by atoms with Crippen molar-refractivity contribution >= 4 is 34.9 Å². The number of benzene rings is 3. The zero-order valence-electron chi connectivity index (χ0n) is 19.1. The van der Waals surface area contributed by atoms with Crippen molar-refractivity contribution in [2.45, 2.75) is 25.6 Å². The van der Waals surface area contributed by atoms with E-state index < -0.39 is 0 Å². The molecule has 1 amide bonds. The van der Waals surface area contributed by atoms with Gasteiger partial charge in [0.15, 0.2) is 16.7 Å². The van der Waals surface area contributed by atoms with Crippen LogP contribution in [-0.4, -0.2) is 34.4 Å². The van der Waals surface area contributed by atoms with E-state index in [4.69, 9.17) is 9.47 Å². The number of nitrogens with one attached hydrogen (secondary N) is 2. The summed E-state index contributed by atoms with van der Waals surface area (Å²) in [6.45, 7) is 4.95. The molecule has 0 aliphatic carbocycles. The lowest BCUT2D eigenvalue weighted by Crippen LogP contribution is -2.19. The SMILES string of the molecule is CCOc1cc(/C=N/NC(=O)CSc2nc3ccccc3[nH]2)ccc1OCc1ccccc1C. The smallest absolute Gasteiger partial charge is 0.250 e. The number of H-pyrrole nitrogens is 1. The quantitative estimate of drug-likeness (QED) is 0.190. The second-order valence-corrected chi connectivity index (χ2v) is 8.46. The van der Waals surface area contributed by atoms with Gasteiger partial charge < -0.3 is 14.5 Å². The molecular formula is C26H26N4O3S. The lowest BCUT2D eigenvalue weighted by atomic mass is 10.1. The highest BCUT2D eigenvalue weighted by atomic mass is 32.2. The molecule has 0 spiro atoms. The normalized spacial score (nSPS) is 11.1. The number of rotatable bonds is 10. The molecule has 0 saturated heterocycles. The first-order chi connectivity index (χ1) is 16.6. The summed E-state index contributed by atoms with van der Waals surface area (Å²) in [5, 5.41) is 4.76. The number of thioether (sulfide) groups is 1. The largest absolute Gasteiger partial charge is 0.490 e. The van der Waals surface area contributed by atoms with Crippen molar-refractivity contribution in [3.63, 3.8) is 0 Å². The number of fused-ring (bicyclic) bond motifs is 1. The maximum Gasteiger partial charge on any atom is 0.250 e. The fourth-order valence-corrected chi connectivity index (χ4v) is 3.94.